The molecule has 0 aliphatic carbocycles. The van der Waals surface area contributed by atoms with E-state index in [1.807, 2.05) is 23.5 Å². The molecule has 0 amide bonds. The van der Waals surface area contributed by atoms with Gasteiger partial charge in [-0.05, 0) is 44.2 Å². The summed E-state index contributed by atoms with van der Waals surface area (Å²) in [4.78, 5) is 18.2. The largest absolute Gasteiger partial charge is 0.301 e. The average molecular weight is 458 g/mol. The molecule has 6 nitrogen and oxygen atoms in total. The van der Waals surface area contributed by atoms with Crippen LogP contribution in [0.4, 0.5) is 0 Å². The van der Waals surface area contributed by atoms with Gasteiger partial charge in [0.2, 0.25) is 5.78 Å². The summed E-state index contributed by atoms with van der Waals surface area (Å²) in [6.07, 6.45) is 0.860. The Bertz CT molecular complexity index is 1370. The molecule has 0 N–H and O–H groups in total. The first kappa shape index (κ1) is 19.8. The Hall–Kier alpha value is -2.13. The Morgan fingerprint density at radius 2 is 2.20 bits per heavy atom. The van der Waals surface area contributed by atoms with Crippen LogP contribution in [0.5, 0.6) is 0 Å². The molecule has 0 saturated heterocycles. The van der Waals surface area contributed by atoms with Crippen molar-refractivity contribution in [2.45, 2.75) is 25.0 Å². The number of aromatic nitrogens is 4. The first-order valence-electron chi connectivity index (χ1n) is 9.60. The van der Waals surface area contributed by atoms with Crippen molar-refractivity contribution < 1.29 is 0 Å². The lowest BCUT2D eigenvalue weighted by atomic mass is 10.1. The number of rotatable bonds is 4. The molecule has 1 aliphatic rings. The van der Waals surface area contributed by atoms with Crippen LogP contribution in [0.2, 0.25) is 5.02 Å². The predicted molar refractivity (Wildman–Crippen MR) is 125 cm³/mol. The van der Waals surface area contributed by atoms with Gasteiger partial charge in [-0.2, -0.15) is 0 Å². The van der Waals surface area contributed by atoms with Crippen molar-refractivity contribution >= 4 is 50.7 Å². The number of thioether (sulfide) groups is 1. The quantitative estimate of drug-likeness (QED) is 0.335. The van der Waals surface area contributed by atoms with Crippen LogP contribution < -0.4 is 5.56 Å². The zero-order valence-corrected chi connectivity index (χ0v) is 19.1. The van der Waals surface area contributed by atoms with Gasteiger partial charge < -0.3 is 4.90 Å². The van der Waals surface area contributed by atoms with Crippen LogP contribution >= 0.6 is 34.7 Å². The van der Waals surface area contributed by atoms with Crippen LogP contribution in [0.15, 0.2) is 46.4 Å². The fourth-order valence-corrected chi connectivity index (χ4v) is 6.25. The third-order valence-corrected chi connectivity index (χ3v) is 7.78. The molecule has 154 valence electrons. The Morgan fingerprint density at radius 1 is 1.37 bits per heavy atom. The van der Waals surface area contributed by atoms with Crippen molar-refractivity contribution in [3.8, 4) is 5.69 Å². The highest BCUT2D eigenvalue weighted by Gasteiger charge is 2.26. The third kappa shape index (κ3) is 3.19. The van der Waals surface area contributed by atoms with Gasteiger partial charge in [0.25, 0.3) is 5.56 Å². The van der Waals surface area contributed by atoms with Crippen molar-refractivity contribution in [2.75, 3.05) is 19.3 Å². The normalized spacial score (nSPS) is 14.5. The minimum atomic E-state index is -0.0642. The third-order valence-electron chi connectivity index (χ3n) is 5.18. The van der Waals surface area contributed by atoms with E-state index in [2.05, 4.69) is 28.7 Å². The molecule has 0 atom stereocenters. The topological polar surface area (TPSA) is 55.4 Å². The van der Waals surface area contributed by atoms with Crippen LogP contribution in [0.3, 0.4) is 0 Å². The lowest BCUT2D eigenvalue weighted by Crippen LogP contribution is -2.27. The minimum Gasteiger partial charge on any atom is -0.301 e. The van der Waals surface area contributed by atoms with E-state index in [4.69, 9.17) is 11.6 Å². The van der Waals surface area contributed by atoms with E-state index in [-0.39, 0.29) is 5.56 Å². The van der Waals surface area contributed by atoms with Gasteiger partial charge in [-0.25, -0.2) is 8.97 Å². The van der Waals surface area contributed by atoms with Gasteiger partial charge in [-0.1, -0.05) is 41.6 Å². The van der Waals surface area contributed by atoms with Gasteiger partial charge in [0.15, 0.2) is 5.16 Å². The van der Waals surface area contributed by atoms with Crippen molar-refractivity contribution in [3.63, 3.8) is 0 Å². The SMILES string of the molecule is C=C(C)CSc1nnc2n(-c3cccc(Cl)c3)c(=O)c3c4c(sc3n12)CN(C)CC4. The molecule has 0 bridgehead atoms. The molecular formula is C21H20ClN5OS2. The number of thiophene rings is 1. The summed E-state index contributed by atoms with van der Waals surface area (Å²) in [6.45, 7) is 7.78. The number of fused-ring (bicyclic) bond motifs is 5. The highest BCUT2D eigenvalue weighted by Crippen LogP contribution is 2.35. The minimum absolute atomic E-state index is 0.0642. The van der Waals surface area contributed by atoms with Crippen LogP contribution in [0, 0.1) is 0 Å². The fourth-order valence-electron chi connectivity index (χ4n) is 3.81. The van der Waals surface area contributed by atoms with Crippen molar-refractivity contribution in [3.05, 3.63) is 62.2 Å². The van der Waals surface area contributed by atoms with E-state index in [1.54, 1.807) is 39.8 Å². The molecule has 0 unspecified atom stereocenters. The highest BCUT2D eigenvalue weighted by molar-refractivity contribution is 7.99. The number of benzene rings is 1. The molecule has 0 radical (unpaired) electrons. The second kappa shape index (κ2) is 7.53. The molecule has 0 fully saturated rings. The van der Waals surface area contributed by atoms with Gasteiger partial charge in [0.1, 0.15) is 4.83 Å². The van der Waals surface area contributed by atoms with E-state index in [1.165, 1.54) is 4.88 Å². The summed E-state index contributed by atoms with van der Waals surface area (Å²) in [5, 5.41) is 10.9. The molecular weight excluding hydrogens is 438 g/mol. The zero-order valence-electron chi connectivity index (χ0n) is 16.7. The fraction of sp³-hybridized carbons (Fsp3) is 0.286. The van der Waals surface area contributed by atoms with Gasteiger partial charge in [-0.3, -0.25) is 4.79 Å². The van der Waals surface area contributed by atoms with Gasteiger partial charge in [0, 0.05) is 28.7 Å². The predicted octanol–water partition coefficient (Wildman–Crippen LogP) is 4.40. The Kier molecular flexibility index (Phi) is 4.97. The number of hydrogen-bond acceptors (Lipinski definition) is 6. The summed E-state index contributed by atoms with van der Waals surface area (Å²) in [5.74, 6) is 1.25. The number of hydrogen-bond donors (Lipinski definition) is 0. The average Bonchev–Trinajstić information content (AvgIpc) is 3.27. The second-order valence-electron chi connectivity index (χ2n) is 7.66. The molecule has 9 heteroatoms. The van der Waals surface area contributed by atoms with Gasteiger partial charge >= 0.3 is 0 Å². The molecule has 1 aliphatic heterocycles. The first-order valence-corrected chi connectivity index (χ1v) is 11.8. The Balaban J connectivity index is 1.88. The first-order chi connectivity index (χ1) is 14.4. The Morgan fingerprint density at radius 3 is 2.97 bits per heavy atom. The lowest BCUT2D eigenvalue weighted by Gasteiger charge is -2.21. The maximum absolute atomic E-state index is 13.8. The zero-order chi connectivity index (χ0) is 21.0. The molecule has 0 spiro atoms. The van der Waals surface area contributed by atoms with Crippen molar-refractivity contribution in [1.82, 2.24) is 24.1 Å². The standard InChI is InChI=1S/C21H20ClN5OS2/c1-12(2)11-29-21-24-23-20-26(14-6-4-5-13(22)9-14)18(28)17-15-7-8-25(3)10-16(15)30-19(17)27(20)21/h4-6,9H,1,7-8,10-11H2,2-3H3. The molecule has 4 heterocycles. The van der Waals surface area contributed by atoms with Crippen LogP contribution in [-0.2, 0) is 13.0 Å². The lowest BCUT2D eigenvalue weighted by molar-refractivity contribution is 0.318. The van der Waals surface area contributed by atoms with E-state index >= 15 is 0 Å². The maximum atomic E-state index is 13.8. The van der Waals surface area contributed by atoms with Gasteiger partial charge in [0.05, 0.1) is 11.1 Å². The van der Waals surface area contributed by atoms with Crippen LogP contribution in [-0.4, -0.2) is 43.4 Å². The van der Waals surface area contributed by atoms with Crippen LogP contribution in [0.25, 0.3) is 21.7 Å². The molecule has 4 aromatic rings. The van der Waals surface area contributed by atoms with E-state index < -0.39 is 0 Å². The monoisotopic (exact) mass is 457 g/mol. The maximum Gasteiger partial charge on any atom is 0.268 e. The van der Waals surface area contributed by atoms with E-state index in [9.17, 15) is 4.79 Å². The highest BCUT2D eigenvalue weighted by atomic mass is 35.5. The number of halogens is 1. The Labute approximate surface area is 186 Å². The summed E-state index contributed by atoms with van der Waals surface area (Å²) < 4.78 is 3.66. The molecule has 3 aromatic heterocycles. The smallest absolute Gasteiger partial charge is 0.268 e. The summed E-state index contributed by atoms with van der Waals surface area (Å²) in [7, 11) is 2.11. The number of nitrogens with zero attached hydrogens (tertiary/aromatic N) is 5. The second-order valence-corrected chi connectivity index (χ2v) is 10.1. The summed E-state index contributed by atoms with van der Waals surface area (Å²) in [5.41, 5.74) is 2.84. The summed E-state index contributed by atoms with van der Waals surface area (Å²) in [6, 6.07) is 7.31. The van der Waals surface area contributed by atoms with Crippen molar-refractivity contribution in [1.29, 1.82) is 0 Å². The molecule has 5 rings (SSSR count). The van der Waals surface area contributed by atoms with Crippen molar-refractivity contribution in [2.24, 2.45) is 0 Å². The van der Waals surface area contributed by atoms with Crippen LogP contribution in [0.1, 0.15) is 17.4 Å². The molecule has 30 heavy (non-hydrogen) atoms. The van der Waals surface area contributed by atoms with E-state index in [0.717, 1.165) is 51.8 Å². The summed E-state index contributed by atoms with van der Waals surface area (Å²) >= 11 is 9.50. The van der Waals surface area contributed by atoms with E-state index in [0.29, 0.717) is 16.5 Å². The molecule has 0 saturated carbocycles. The molecule has 1 aromatic carbocycles. The number of likely N-dealkylation sites (N-methyl/N-ethyl adjacent to an activating group) is 1. The van der Waals surface area contributed by atoms with Gasteiger partial charge in [-0.15, -0.1) is 21.5 Å².